The normalized spacial score (nSPS) is 20.8. The van der Waals surface area contributed by atoms with Crippen LogP contribution < -0.4 is 9.80 Å². The number of benzene rings is 2. The molecule has 1 aromatic heterocycles. The molecule has 29 nitrogen and oxygen atoms in total. The number of carbonyl (C=O) groups excluding carboxylic acids is 20. The van der Waals surface area contributed by atoms with Gasteiger partial charge in [0.1, 0.15) is 123 Å². The fourth-order valence-corrected chi connectivity index (χ4v) is 16.7. The monoisotopic (exact) mass is 2010 g/mol. The lowest BCUT2D eigenvalue weighted by Gasteiger charge is -2.27. The van der Waals surface area contributed by atoms with Crippen LogP contribution in [0.4, 0.5) is 11.5 Å². The summed E-state index contributed by atoms with van der Waals surface area (Å²) in [7, 11) is 2.05. The van der Waals surface area contributed by atoms with Crippen molar-refractivity contribution < 1.29 is 115 Å². The summed E-state index contributed by atoms with van der Waals surface area (Å²) in [6, 6.07) is 26.5. The standard InChI is InChI=1S/C12H15NO.C11H13NO.C10H12N2O.C9H14O3.C8H14O.C7H12O.C6H11NO.C6H10O3.C6H10O.C5H8O2.C5H6O2.C5H8OS.C5H8O.C4H6O2.C4H6OS.C4H8O.C3H6O/c14-12-6-8-13(9-7-12)10-11-4-2-1-3-5-11;13-11-6-8-12(9-7-11)10-4-2-1-3-5-10;13-9-4-7-12(8-5-9)10-3-1-2-6-11-10;1-2-12-9(11)7-5-3-4-6-8(7)10;1-6-4-3-5-7(2)8(6)9;1-6-4-2-3-5-7(6)8;1-7-4-2-6(8)3-5-7;1-3-9-6(8)4-5(2)7;7-6-4-2-1-3-5-6;6-5-1-3-7-4-2-5;6-4-1-2-5(7)3-4;6-5-1-3-7-4-2-5;6-5-3-1-2-4-5;2*5-4-1-2-6-3-4;1-3-4(2)5;1-3(2)4/h1-5H,6-10H2;1-5H,6-9H2;1-3,6H,4-5,7-8H2;7H,2-6H2,1H3;6-7H,3-5H2,1-2H3;6H,2-5H2,1H3;2-5H2,1H3;3-4H2,1-2H3;1-5H2;1-4H2;1-3H2;1-4H2;1-4H2;2*1-3H2;3H2,1-2H3;1-2H3. The molecule has 0 spiro atoms. The zero-order valence-electron chi connectivity index (χ0n) is 86.8. The molecule has 3 aromatic rings. The van der Waals surface area contributed by atoms with Crippen molar-refractivity contribution in [1.82, 2.24) is 14.8 Å². The number of hydrogen-bond donors (Lipinski definition) is 0. The van der Waals surface area contributed by atoms with Crippen LogP contribution in [-0.2, 0) is 121 Å². The molecule has 0 amide bonds. The van der Waals surface area contributed by atoms with Gasteiger partial charge in [-0.1, -0.05) is 108 Å². The molecule has 14 aliphatic rings. The molecule has 4 unspecified atom stereocenters. The molecule has 8 aliphatic heterocycles. The second-order valence-electron chi connectivity index (χ2n) is 36.7. The third kappa shape index (κ3) is 72.6. The number of piperidine rings is 4. The van der Waals surface area contributed by atoms with Gasteiger partial charge < -0.3 is 43.2 Å². The molecule has 141 heavy (non-hydrogen) atoms. The van der Waals surface area contributed by atoms with E-state index in [-0.39, 0.29) is 59.3 Å². The number of rotatable bonds is 10. The Bertz CT molecular complexity index is 3940. The molecule has 2 aromatic carbocycles. The largest absolute Gasteiger partial charge is 0.466 e. The quantitative estimate of drug-likeness (QED) is 0.134. The summed E-state index contributed by atoms with van der Waals surface area (Å²) < 4.78 is 18.9. The van der Waals surface area contributed by atoms with Crippen molar-refractivity contribution in [2.45, 2.75) is 326 Å². The van der Waals surface area contributed by atoms with E-state index < -0.39 is 11.9 Å². The van der Waals surface area contributed by atoms with Crippen LogP contribution in [0.5, 0.6) is 0 Å². The van der Waals surface area contributed by atoms with Crippen molar-refractivity contribution in [2.24, 2.45) is 23.7 Å². The number of likely N-dealkylation sites (tertiary alicyclic amines) is 2. The maximum absolute atomic E-state index is 11.2. The lowest BCUT2D eigenvalue weighted by Crippen LogP contribution is -2.34. The molecule has 0 N–H and O–H groups in total. The Balaban J connectivity index is 0.000000756. The molecule has 31 heteroatoms. The highest BCUT2D eigenvalue weighted by atomic mass is 32.2. The SMILES string of the molecule is CC(C)=O.CC1CCCC(C)C1=O.CC1CCCCC1=O.CCC(C)=O.CCOC(=O)C1CCCCC1=O.CCOC(=O)CC(C)=O.CN1CCC(=O)CC1.O=C1CCC(=O)C1.O=C1CCCC1.O=C1CCCCC1.O=C1CCN(Cc2ccccc2)CC1.O=C1CCN(c2ccccc2)CC1.O=C1CCN(c2ccccn2)CC1.O=C1CCOC1.O=C1CCOCC1.O=C1CCSC1.O=C1CCSCC1. The highest BCUT2D eigenvalue weighted by molar-refractivity contribution is 8.00. The van der Waals surface area contributed by atoms with E-state index in [2.05, 4.69) is 65.7 Å². The summed E-state index contributed by atoms with van der Waals surface area (Å²) in [5.41, 5.74) is 2.57. The van der Waals surface area contributed by atoms with Crippen LogP contribution in [0.25, 0.3) is 0 Å². The summed E-state index contributed by atoms with van der Waals surface area (Å²) in [4.78, 5) is 223. The highest BCUT2D eigenvalue weighted by Gasteiger charge is 2.30. The lowest BCUT2D eigenvalue weighted by atomic mass is 9.82. The fourth-order valence-electron chi connectivity index (χ4n) is 14.9. The van der Waals surface area contributed by atoms with Gasteiger partial charge in [0.25, 0.3) is 0 Å². The molecule has 0 bridgehead atoms. The summed E-state index contributed by atoms with van der Waals surface area (Å²) in [6.45, 7) is 28.5. The average Bonchev–Trinajstić information content (AvgIpc) is 1.04. The van der Waals surface area contributed by atoms with Crippen molar-refractivity contribution in [3.05, 3.63) is 90.6 Å². The van der Waals surface area contributed by atoms with Gasteiger partial charge in [-0.25, -0.2) is 4.98 Å². The third-order valence-corrected chi connectivity index (χ3v) is 25.7. The van der Waals surface area contributed by atoms with Gasteiger partial charge in [-0.15, -0.1) is 0 Å². The Hall–Kier alpha value is -9.27. The van der Waals surface area contributed by atoms with E-state index >= 15 is 0 Å². The van der Waals surface area contributed by atoms with Crippen LogP contribution in [0.2, 0.25) is 0 Å². The maximum atomic E-state index is 11.2. The molecular formula is C110H167N5O24S2. The smallest absolute Gasteiger partial charge is 0.316 e. The zero-order valence-corrected chi connectivity index (χ0v) is 88.4. The van der Waals surface area contributed by atoms with Crippen LogP contribution in [0.3, 0.4) is 0 Å². The van der Waals surface area contributed by atoms with E-state index in [1.807, 2.05) is 89.0 Å². The van der Waals surface area contributed by atoms with E-state index in [0.717, 1.165) is 229 Å². The van der Waals surface area contributed by atoms with Gasteiger partial charge in [0.05, 0.1) is 45.2 Å². The van der Waals surface area contributed by atoms with Crippen molar-refractivity contribution in [3.8, 4) is 0 Å². The maximum Gasteiger partial charge on any atom is 0.316 e. The number of para-hydroxylation sites is 1. The molecule has 788 valence electrons. The number of carbonyl (C=O) groups is 20. The van der Waals surface area contributed by atoms with E-state index in [0.29, 0.717) is 198 Å². The van der Waals surface area contributed by atoms with Crippen LogP contribution in [0.1, 0.15) is 325 Å². The Morgan fingerprint density at radius 2 is 0.794 bits per heavy atom. The first-order valence-electron chi connectivity index (χ1n) is 51.2. The van der Waals surface area contributed by atoms with Gasteiger partial charge in [-0.3, -0.25) is 91.2 Å². The summed E-state index contributed by atoms with van der Waals surface area (Å²) in [6.07, 6.45) is 33.7. The van der Waals surface area contributed by atoms with Crippen molar-refractivity contribution in [3.63, 3.8) is 0 Å². The number of Topliss-reactive ketones (excluding diaryl/α,β-unsaturated/α-hetero) is 18. The lowest BCUT2D eigenvalue weighted by molar-refractivity contribution is -0.153. The van der Waals surface area contributed by atoms with Crippen molar-refractivity contribution in [1.29, 1.82) is 0 Å². The second-order valence-corrected chi connectivity index (χ2v) is 39.0. The highest BCUT2D eigenvalue weighted by Crippen LogP contribution is 2.26. The first-order chi connectivity index (χ1) is 67.4. The van der Waals surface area contributed by atoms with E-state index in [9.17, 15) is 95.9 Å². The summed E-state index contributed by atoms with van der Waals surface area (Å²) >= 11 is 3.61. The van der Waals surface area contributed by atoms with Gasteiger partial charge in [0, 0.05) is 253 Å². The second kappa shape index (κ2) is 83.1. The molecule has 14 fully saturated rings. The van der Waals surface area contributed by atoms with E-state index in [1.165, 1.54) is 51.3 Å². The topological polar surface area (TPSA) is 404 Å². The Kier molecular flexibility index (Phi) is 76.4. The summed E-state index contributed by atoms with van der Waals surface area (Å²) in [5, 5.41) is 0. The van der Waals surface area contributed by atoms with Gasteiger partial charge >= 0.3 is 11.9 Å². The molecule has 8 saturated heterocycles. The predicted molar refractivity (Wildman–Crippen MR) is 553 cm³/mol. The van der Waals surface area contributed by atoms with Crippen molar-refractivity contribution >= 4 is 151 Å². The van der Waals surface area contributed by atoms with Crippen LogP contribution in [0, 0.1) is 23.7 Å². The number of ketones is 18. The Morgan fingerprint density at radius 1 is 0.383 bits per heavy atom. The Labute approximate surface area is 848 Å². The van der Waals surface area contributed by atoms with Gasteiger partial charge in [-0.2, -0.15) is 23.5 Å². The summed E-state index contributed by atoms with van der Waals surface area (Å²) in [5.74, 6) is 10.1. The molecule has 4 atom stereocenters. The molecule has 6 saturated carbocycles. The third-order valence-electron chi connectivity index (χ3n) is 23.7. The van der Waals surface area contributed by atoms with Gasteiger partial charge in [0.15, 0.2) is 5.78 Å². The van der Waals surface area contributed by atoms with Crippen molar-refractivity contribution in [2.75, 3.05) is 132 Å². The molecule has 9 heterocycles. The number of thioether (sulfide) groups is 2. The number of ether oxygens (including phenoxy) is 4. The first-order valence-corrected chi connectivity index (χ1v) is 53.6. The number of hydrogen-bond acceptors (Lipinski definition) is 31. The minimum Gasteiger partial charge on any atom is -0.466 e. The number of esters is 2. The number of anilines is 2. The predicted octanol–water partition coefficient (Wildman–Crippen LogP) is 17.5. The molecule has 17 rings (SSSR count). The fraction of sp³-hybridized carbons (Fsp3) is 0.664. The number of nitrogens with zero attached hydrogens (tertiary/aromatic N) is 5. The van der Waals surface area contributed by atoms with Crippen LogP contribution in [0.15, 0.2) is 85.1 Å². The average molecular weight is 2010 g/mol. The Morgan fingerprint density at radius 3 is 1.13 bits per heavy atom. The molecular weight excluding hydrogens is 1840 g/mol. The minimum absolute atomic E-state index is 0.0553. The van der Waals surface area contributed by atoms with Gasteiger partial charge in [-0.05, 0) is 143 Å². The zero-order chi connectivity index (χ0) is 105. The minimum atomic E-state index is -0.460. The molecule has 6 aliphatic carbocycles. The number of aromatic nitrogens is 1. The molecule has 0 radical (unpaired) electrons. The van der Waals surface area contributed by atoms with Gasteiger partial charge in [0.2, 0.25) is 0 Å². The van der Waals surface area contributed by atoms with Crippen LogP contribution in [-0.4, -0.2) is 253 Å². The van der Waals surface area contributed by atoms with E-state index in [4.69, 9.17) is 14.2 Å². The van der Waals surface area contributed by atoms with E-state index in [1.54, 1.807) is 38.7 Å². The number of pyridine rings is 1. The first kappa shape index (κ1) is 130. The van der Waals surface area contributed by atoms with Crippen LogP contribution >= 0.6 is 23.5 Å².